The Bertz CT molecular complexity index is 749. The second-order valence-electron chi connectivity index (χ2n) is 8.24. The SMILES string of the molecule is CCNC(=NCc1ccccc1CN1CCCC1=O)NCCNC(=O)OC(C)(C)C.I. The zero-order chi connectivity index (χ0) is 22.0. The Morgan fingerprint density at radius 2 is 1.81 bits per heavy atom. The summed E-state index contributed by atoms with van der Waals surface area (Å²) in [7, 11) is 0. The van der Waals surface area contributed by atoms with Crippen molar-refractivity contribution in [2.24, 2.45) is 4.99 Å². The zero-order valence-electron chi connectivity index (χ0n) is 19.0. The normalized spacial score (nSPS) is 14.1. The van der Waals surface area contributed by atoms with Gasteiger partial charge in [0.1, 0.15) is 5.60 Å². The summed E-state index contributed by atoms with van der Waals surface area (Å²) >= 11 is 0. The number of carbonyl (C=O) groups is 2. The summed E-state index contributed by atoms with van der Waals surface area (Å²) in [5.41, 5.74) is 1.71. The molecule has 9 heteroatoms. The van der Waals surface area contributed by atoms with Gasteiger partial charge in [-0.3, -0.25) is 4.79 Å². The third kappa shape index (κ3) is 10.2. The molecule has 1 aliphatic heterocycles. The van der Waals surface area contributed by atoms with Crippen LogP contribution in [0.5, 0.6) is 0 Å². The van der Waals surface area contributed by atoms with E-state index in [2.05, 4.69) is 27.0 Å². The van der Waals surface area contributed by atoms with Crippen molar-refractivity contribution in [3.8, 4) is 0 Å². The Hall–Kier alpha value is -2.04. The number of amides is 2. The second kappa shape index (κ2) is 13.4. The predicted molar refractivity (Wildman–Crippen MR) is 134 cm³/mol. The monoisotopic (exact) mass is 545 g/mol. The van der Waals surface area contributed by atoms with E-state index >= 15 is 0 Å². The van der Waals surface area contributed by atoms with Crippen LogP contribution in [0, 0.1) is 0 Å². The van der Waals surface area contributed by atoms with E-state index in [1.165, 1.54) is 0 Å². The van der Waals surface area contributed by atoms with Crippen molar-refractivity contribution in [1.29, 1.82) is 0 Å². The van der Waals surface area contributed by atoms with Gasteiger partial charge in [-0.2, -0.15) is 0 Å². The Balaban J connectivity index is 0.00000480. The Morgan fingerprint density at radius 3 is 2.42 bits per heavy atom. The Morgan fingerprint density at radius 1 is 1.13 bits per heavy atom. The van der Waals surface area contributed by atoms with Gasteiger partial charge in [-0.25, -0.2) is 9.79 Å². The number of hydrogen-bond acceptors (Lipinski definition) is 4. The van der Waals surface area contributed by atoms with Crippen molar-refractivity contribution in [2.75, 3.05) is 26.2 Å². The molecule has 0 aromatic heterocycles. The molecule has 1 aromatic carbocycles. The van der Waals surface area contributed by atoms with Crippen molar-refractivity contribution in [2.45, 2.75) is 59.2 Å². The minimum Gasteiger partial charge on any atom is -0.444 e. The molecule has 0 bridgehead atoms. The van der Waals surface area contributed by atoms with Crippen LogP contribution >= 0.6 is 24.0 Å². The summed E-state index contributed by atoms with van der Waals surface area (Å²) in [5, 5.41) is 9.14. The fourth-order valence-electron chi connectivity index (χ4n) is 3.11. The van der Waals surface area contributed by atoms with Crippen molar-refractivity contribution in [1.82, 2.24) is 20.9 Å². The summed E-state index contributed by atoms with van der Waals surface area (Å²) in [6.07, 6.45) is 1.15. The number of alkyl carbamates (subject to hydrolysis) is 1. The number of hydrogen-bond donors (Lipinski definition) is 3. The lowest BCUT2D eigenvalue weighted by molar-refractivity contribution is -0.128. The molecule has 0 atom stereocenters. The molecule has 8 nitrogen and oxygen atoms in total. The number of ether oxygens (including phenoxy) is 1. The molecular formula is C22H36IN5O3. The van der Waals surface area contributed by atoms with Crippen LogP contribution in [0.2, 0.25) is 0 Å². The summed E-state index contributed by atoms with van der Waals surface area (Å²) in [5.74, 6) is 0.899. The lowest BCUT2D eigenvalue weighted by atomic mass is 10.1. The highest BCUT2D eigenvalue weighted by atomic mass is 127. The van der Waals surface area contributed by atoms with Gasteiger partial charge in [0.15, 0.2) is 5.96 Å². The molecule has 1 aliphatic rings. The molecule has 0 unspecified atom stereocenters. The molecule has 0 spiro atoms. The van der Waals surface area contributed by atoms with Gasteiger partial charge in [0.2, 0.25) is 5.91 Å². The van der Waals surface area contributed by atoms with E-state index in [1.807, 2.05) is 50.8 Å². The van der Waals surface area contributed by atoms with E-state index in [4.69, 9.17) is 4.74 Å². The first kappa shape index (κ1) is 27.0. The van der Waals surface area contributed by atoms with E-state index in [9.17, 15) is 9.59 Å². The molecule has 3 N–H and O–H groups in total. The fraction of sp³-hybridized carbons (Fsp3) is 0.591. The van der Waals surface area contributed by atoms with Gasteiger partial charge < -0.3 is 25.6 Å². The van der Waals surface area contributed by atoms with Gasteiger partial charge in [0.05, 0.1) is 6.54 Å². The summed E-state index contributed by atoms with van der Waals surface area (Å²) in [6.45, 7) is 11.1. The quantitative estimate of drug-likeness (QED) is 0.202. The smallest absolute Gasteiger partial charge is 0.407 e. The molecule has 2 amide bonds. The lowest BCUT2D eigenvalue weighted by Crippen LogP contribution is -2.42. The average molecular weight is 545 g/mol. The standard InChI is InChI=1S/C22H35N5O3.HI/c1-5-23-20(24-12-13-25-21(29)30-22(2,3)4)26-15-17-9-6-7-10-18(17)16-27-14-8-11-19(27)28;/h6-7,9-10H,5,8,11-16H2,1-4H3,(H,25,29)(H2,23,24,26);1H. The molecule has 174 valence electrons. The maximum absolute atomic E-state index is 12.0. The van der Waals surface area contributed by atoms with E-state index in [1.54, 1.807) is 0 Å². The second-order valence-corrected chi connectivity index (χ2v) is 8.24. The maximum atomic E-state index is 12.0. The van der Waals surface area contributed by atoms with Crippen LogP contribution in [-0.2, 0) is 22.6 Å². The van der Waals surface area contributed by atoms with Crippen molar-refractivity contribution in [3.05, 3.63) is 35.4 Å². The lowest BCUT2D eigenvalue weighted by Gasteiger charge is -2.20. The Labute approximate surface area is 202 Å². The third-order valence-corrected chi connectivity index (χ3v) is 4.49. The molecule has 0 aliphatic carbocycles. The van der Waals surface area contributed by atoms with Gasteiger partial charge in [0, 0.05) is 39.1 Å². The number of halogens is 1. The van der Waals surface area contributed by atoms with Crippen LogP contribution in [-0.4, -0.2) is 54.6 Å². The molecule has 0 radical (unpaired) electrons. The number of guanidine groups is 1. The number of carbonyl (C=O) groups excluding carboxylic acids is 2. The Kier molecular flexibility index (Phi) is 11.7. The average Bonchev–Trinajstić information content (AvgIpc) is 3.07. The zero-order valence-corrected chi connectivity index (χ0v) is 21.3. The number of likely N-dealkylation sites (tertiary alicyclic amines) is 1. The first-order valence-corrected chi connectivity index (χ1v) is 10.6. The van der Waals surface area contributed by atoms with Crippen molar-refractivity contribution in [3.63, 3.8) is 0 Å². The van der Waals surface area contributed by atoms with Crippen molar-refractivity contribution < 1.29 is 14.3 Å². The molecule has 1 fully saturated rings. The predicted octanol–water partition coefficient (Wildman–Crippen LogP) is 3.01. The number of nitrogens with zero attached hydrogens (tertiary/aromatic N) is 2. The van der Waals surface area contributed by atoms with Crippen LogP contribution < -0.4 is 16.0 Å². The van der Waals surface area contributed by atoms with Crippen LogP contribution in [0.1, 0.15) is 51.7 Å². The van der Waals surface area contributed by atoms with Gasteiger partial charge in [-0.1, -0.05) is 24.3 Å². The van der Waals surface area contributed by atoms with Crippen LogP contribution in [0.15, 0.2) is 29.3 Å². The topological polar surface area (TPSA) is 95.1 Å². The highest BCUT2D eigenvalue weighted by Gasteiger charge is 2.20. The fourth-order valence-corrected chi connectivity index (χ4v) is 3.11. The molecule has 31 heavy (non-hydrogen) atoms. The summed E-state index contributed by atoms with van der Waals surface area (Å²) < 4.78 is 5.22. The van der Waals surface area contributed by atoms with Crippen LogP contribution in [0.3, 0.4) is 0 Å². The molecule has 1 heterocycles. The van der Waals surface area contributed by atoms with E-state index < -0.39 is 11.7 Å². The first-order chi connectivity index (χ1) is 14.3. The number of nitrogens with one attached hydrogen (secondary N) is 3. The minimum absolute atomic E-state index is 0. The summed E-state index contributed by atoms with van der Waals surface area (Å²) in [4.78, 5) is 30.2. The molecule has 2 rings (SSSR count). The molecule has 1 aromatic rings. The van der Waals surface area contributed by atoms with Gasteiger partial charge in [-0.15, -0.1) is 24.0 Å². The maximum Gasteiger partial charge on any atom is 0.407 e. The van der Waals surface area contributed by atoms with E-state index in [0.717, 1.165) is 30.6 Å². The van der Waals surface area contributed by atoms with Gasteiger partial charge in [-0.05, 0) is 45.2 Å². The number of benzene rings is 1. The number of aliphatic imine (C=N–C) groups is 1. The highest BCUT2D eigenvalue weighted by molar-refractivity contribution is 14.0. The molecule has 0 saturated carbocycles. The largest absolute Gasteiger partial charge is 0.444 e. The first-order valence-electron chi connectivity index (χ1n) is 10.6. The molecule has 1 saturated heterocycles. The number of rotatable bonds is 8. The van der Waals surface area contributed by atoms with Crippen LogP contribution in [0.25, 0.3) is 0 Å². The van der Waals surface area contributed by atoms with Crippen molar-refractivity contribution >= 4 is 41.9 Å². The summed E-state index contributed by atoms with van der Waals surface area (Å²) in [6, 6.07) is 8.09. The van der Waals surface area contributed by atoms with Crippen LogP contribution in [0.4, 0.5) is 4.79 Å². The third-order valence-electron chi connectivity index (χ3n) is 4.49. The van der Waals surface area contributed by atoms with Gasteiger partial charge in [0.25, 0.3) is 0 Å². The van der Waals surface area contributed by atoms with E-state index in [0.29, 0.717) is 38.6 Å². The highest BCUT2D eigenvalue weighted by Crippen LogP contribution is 2.17. The van der Waals surface area contributed by atoms with E-state index in [-0.39, 0.29) is 29.9 Å². The molecular weight excluding hydrogens is 509 g/mol. The minimum atomic E-state index is -0.513. The van der Waals surface area contributed by atoms with Gasteiger partial charge >= 0.3 is 6.09 Å².